The quantitative estimate of drug-likeness (QED) is 0.901. The summed E-state index contributed by atoms with van der Waals surface area (Å²) in [5.74, 6) is 1.16. The molecule has 3 nitrogen and oxygen atoms in total. The Morgan fingerprint density at radius 1 is 1.59 bits per heavy atom. The third-order valence-electron chi connectivity index (χ3n) is 2.72. The van der Waals surface area contributed by atoms with Gasteiger partial charge in [0.2, 0.25) is 0 Å². The summed E-state index contributed by atoms with van der Waals surface area (Å²) < 4.78 is 0.598. The SMILES string of the molecule is O=C(NCC1CCCS1)c1ccc(Br)c(O)c1. The van der Waals surface area contributed by atoms with Gasteiger partial charge in [0.15, 0.2) is 0 Å². The molecule has 1 saturated heterocycles. The predicted octanol–water partition coefficient (Wildman–Crippen LogP) is 2.78. The van der Waals surface area contributed by atoms with Crippen molar-refractivity contribution in [3.05, 3.63) is 28.2 Å². The van der Waals surface area contributed by atoms with Crippen LogP contribution < -0.4 is 5.32 Å². The van der Waals surface area contributed by atoms with E-state index in [0.717, 1.165) is 0 Å². The third kappa shape index (κ3) is 3.39. The summed E-state index contributed by atoms with van der Waals surface area (Å²) in [6.45, 7) is 0.709. The van der Waals surface area contributed by atoms with Gasteiger partial charge in [-0.3, -0.25) is 4.79 Å². The Hall–Kier alpha value is -0.680. The zero-order valence-corrected chi connectivity index (χ0v) is 11.7. The van der Waals surface area contributed by atoms with Crippen molar-refractivity contribution in [3.8, 4) is 5.75 Å². The van der Waals surface area contributed by atoms with E-state index in [1.54, 1.807) is 12.1 Å². The maximum absolute atomic E-state index is 11.8. The van der Waals surface area contributed by atoms with Gasteiger partial charge in [-0.2, -0.15) is 11.8 Å². The van der Waals surface area contributed by atoms with Gasteiger partial charge < -0.3 is 10.4 Å². The number of hydrogen-bond donors (Lipinski definition) is 2. The molecule has 1 amide bonds. The largest absolute Gasteiger partial charge is 0.507 e. The second-order valence-electron chi connectivity index (χ2n) is 4.01. The highest BCUT2D eigenvalue weighted by atomic mass is 79.9. The molecule has 1 aromatic carbocycles. The number of rotatable bonds is 3. The van der Waals surface area contributed by atoms with Crippen LogP contribution in [0.15, 0.2) is 22.7 Å². The Kier molecular flexibility index (Phi) is 4.34. The van der Waals surface area contributed by atoms with Gasteiger partial charge in [0.05, 0.1) is 4.47 Å². The number of hydrogen-bond acceptors (Lipinski definition) is 3. The van der Waals surface area contributed by atoms with E-state index in [1.807, 2.05) is 11.8 Å². The zero-order valence-electron chi connectivity index (χ0n) is 9.28. The number of amides is 1. The summed E-state index contributed by atoms with van der Waals surface area (Å²) in [6.07, 6.45) is 2.42. The van der Waals surface area contributed by atoms with Crippen LogP contribution in [-0.4, -0.2) is 28.6 Å². The summed E-state index contributed by atoms with van der Waals surface area (Å²) in [6, 6.07) is 4.84. The molecule has 0 bridgehead atoms. The molecule has 1 atom stereocenters. The van der Waals surface area contributed by atoms with Gasteiger partial charge in [0.1, 0.15) is 5.75 Å². The number of phenols is 1. The monoisotopic (exact) mass is 315 g/mol. The van der Waals surface area contributed by atoms with Crippen LogP contribution in [0.2, 0.25) is 0 Å². The number of halogens is 1. The Morgan fingerprint density at radius 3 is 3.06 bits per heavy atom. The number of phenolic OH excluding ortho intramolecular Hbond substituents is 1. The molecule has 1 fully saturated rings. The number of carbonyl (C=O) groups is 1. The molecule has 1 unspecified atom stereocenters. The Bertz CT molecular complexity index is 419. The van der Waals surface area contributed by atoms with Crippen molar-refractivity contribution in [1.82, 2.24) is 5.32 Å². The Labute approximate surface area is 113 Å². The van der Waals surface area contributed by atoms with Gasteiger partial charge in [0.25, 0.3) is 5.91 Å². The zero-order chi connectivity index (χ0) is 12.3. The second-order valence-corrected chi connectivity index (χ2v) is 6.27. The first-order valence-electron chi connectivity index (χ1n) is 5.55. The highest BCUT2D eigenvalue weighted by Crippen LogP contribution is 2.26. The van der Waals surface area contributed by atoms with Crippen molar-refractivity contribution in [2.75, 3.05) is 12.3 Å². The van der Waals surface area contributed by atoms with E-state index in [1.165, 1.54) is 24.7 Å². The summed E-state index contributed by atoms with van der Waals surface area (Å²) in [4.78, 5) is 11.8. The van der Waals surface area contributed by atoms with Gasteiger partial charge in [-0.15, -0.1) is 0 Å². The molecule has 0 spiro atoms. The first-order chi connectivity index (χ1) is 8.16. The van der Waals surface area contributed by atoms with Gasteiger partial charge in [-0.25, -0.2) is 0 Å². The Morgan fingerprint density at radius 2 is 2.41 bits per heavy atom. The van der Waals surface area contributed by atoms with E-state index in [-0.39, 0.29) is 11.7 Å². The summed E-state index contributed by atoms with van der Waals surface area (Å²) in [7, 11) is 0. The van der Waals surface area contributed by atoms with Crippen molar-refractivity contribution < 1.29 is 9.90 Å². The fraction of sp³-hybridized carbons (Fsp3) is 0.417. The van der Waals surface area contributed by atoms with Crippen LogP contribution in [0.3, 0.4) is 0 Å². The molecule has 1 aromatic rings. The average Bonchev–Trinajstić information content (AvgIpc) is 2.82. The van der Waals surface area contributed by atoms with Gasteiger partial charge >= 0.3 is 0 Å². The number of benzene rings is 1. The molecule has 0 saturated carbocycles. The first kappa shape index (κ1) is 12.8. The van der Waals surface area contributed by atoms with Crippen molar-refractivity contribution >= 4 is 33.6 Å². The number of carbonyl (C=O) groups excluding carboxylic acids is 1. The number of aromatic hydroxyl groups is 1. The van der Waals surface area contributed by atoms with Crippen molar-refractivity contribution in [3.63, 3.8) is 0 Å². The molecule has 1 heterocycles. The molecule has 0 radical (unpaired) electrons. The molecule has 2 rings (SSSR count). The van der Waals surface area contributed by atoms with E-state index in [2.05, 4.69) is 21.2 Å². The van der Waals surface area contributed by atoms with Gasteiger partial charge in [-0.1, -0.05) is 0 Å². The lowest BCUT2D eigenvalue weighted by atomic mass is 10.2. The van der Waals surface area contributed by atoms with E-state index in [0.29, 0.717) is 21.8 Å². The first-order valence-corrected chi connectivity index (χ1v) is 7.39. The Balaban J connectivity index is 1.92. The van der Waals surface area contributed by atoms with Crippen LogP contribution in [-0.2, 0) is 0 Å². The summed E-state index contributed by atoms with van der Waals surface area (Å²) >= 11 is 5.10. The van der Waals surface area contributed by atoms with E-state index in [9.17, 15) is 9.90 Å². The number of thioether (sulfide) groups is 1. The minimum absolute atomic E-state index is 0.0906. The van der Waals surface area contributed by atoms with E-state index in [4.69, 9.17) is 0 Å². The lowest BCUT2D eigenvalue weighted by Crippen LogP contribution is -2.29. The molecule has 0 aliphatic carbocycles. The third-order valence-corrected chi connectivity index (χ3v) is 4.79. The van der Waals surface area contributed by atoms with Crippen LogP contribution in [0.25, 0.3) is 0 Å². The van der Waals surface area contributed by atoms with Crippen molar-refractivity contribution in [2.24, 2.45) is 0 Å². The molecule has 1 aliphatic heterocycles. The van der Waals surface area contributed by atoms with Gasteiger partial charge in [0, 0.05) is 17.4 Å². The predicted molar refractivity (Wildman–Crippen MR) is 73.6 cm³/mol. The molecule has 5 heteroatoms. The highest BCUT2D eigenvalue weighted by molar-refractivity contribution is 9.10. The molecular formula is C12H14BrNO2S. The van der Waals surface area contributed by atoms with Crippen molar-refractivity contribution in [1.29, 1.82) is 0 Å². The minimum Gasteiger partial charge on any atom is -0.507 e. The maximum Gasteiger partial charge on any atom is 0.251 e. The smallest absolute Gasteiger partial charge is 0.251 e. The fourth-order valence-electron chi connectivity index (χ4n) is 1.77. The highest BCUT2D eigenvalue weighted by Gasteiger charge is 2.16. The van der Waals surface area contributed by atoms with Crippen LogP contribution in [0.5, 0.6) is 5.75 Å². The summed E-state index contributed by atoms with van der Waals surface area (Å²) in [5, 5.41) is 12.9. The molecular weight excluding hydrogens is 302 g/mol. The second kappa shape index (κ2) is 5.78. The van der Waals surface area contributed by atoms with Crippen LogP contribution >= 0.6 is 27.7 Å². The van der Waals surface area contributed by atoms with Crippen LogP contribution in [0.4, 0.5) is 0 Å². The topological polar surface area (TPSA) is 49.3 Å². The van der Waals surface area contributed by atoms with E-state index >= 15 is 0 Å². The minimum atomic E-state index is -0.125. The van der Waals surface area contributed by atoms with E-state index < -0.39 is 0 Å². The fourth-order valence-corrected chi connectivity index (χ4v) is 3.22. The van der Waals surface area contributed by atoms with Crippen LogP contribution in [0, 0.1) is 0 Å². The standard InChI is InChI=1S/C12H14BrNO2S/c13-10-4-3-8(6-11(10)15)12(16)14-7-9-2-1-5-17-9/h3-4,6,9,15H,1-2,5,7H2,(H,14,16). The van der Waals surface area contributed by atoms with Crippen LogP contribution in [0.1, 0.15) is 23.2 Å². The van der Waals surface area contributed by atoms with Gasteiger partial charge in [-0.05, 0) is 52.7 Å². The maximum atomic E-state index is 11.8. The number of nitrogens with one attached hydrogen (secondary N) is 1. The van der Waals surface area contributed by atoms with Crippen molar-refractivity contribution in [2.45, 2.75) is 18.1 Å². The molecule has 0 aromatic heterocycles. The lowest BCUT2D eigenvalue weighted by molar-refractivity contribution is 0.0953. The molecule has 92 valence electrons. The lowest BCUT2D eigenvalue weighted by Gasteiger charge is -2.10. The molecule has 2 N–H and O–H groups in total. The molecule has 17 heavy (non-hydrogen) atoms. The normalized spacial score (nSPS) is 19.2. The molecule has 1 aliphatic rings. The summed E-state index contributed by atoms with van der Waals surface area (Å²) in [5.41, 5.74) is 0.494. The average molecular weight is 316 g/mol.